The van der Waals surface area contributed by atoms with E-state index in [9.17, 15) is 5.11 Å². The Balaban J connectivity index is 1.87. The van der Waals surface area contributed by atoms with Crippen LogP contribution in [-0.2, 0) is 13.0 Å². The summed E-state index contributed by atoms with van der Waals surface area (Å²) < 4.78 is 11.1. The Hall–Kier alpha value is -2.00. The van der Waals surface area contributed by atoms with Gasteiger partial charge >= 0.3 is 0 Å². The minimum absolute atomic E-state index is 0.0778. The maximum absolute atomic E-state index is 9.24. The molecule has 1 aliphatic rings. The number of hydrogen-bond donors (Lipinski definition) is 1. The quantitative estimate of drug-likeness (QED) is 0.932. The minimum Gasteiger partial charge on any atom is -0.486 e. The van der Waals surface area contributed by atoms with E-state index in [-0.39, 0.29) is 6.61 Å². The molecule has 0 saturated heterocycles. The first-order valence-corrected chi connectivity index (χ1v) is 6.84. The number of ether oxygens (including phenoxy) is 2. The average Bonchev–Trinajstić information content (AvgIpc) is 2.49. The lowest BCUT2D eigenvalue weighted by atomic mass is 9.98. The zero-order valence-electron chi connectivity index (χ0n) is 11.6. The van der Waals surface area contributed by atoms with Gasteiger partial charge < -0.3 is 14.6 Å². The van der Waals surface area contributed by atoms with Gasteiger partial charge in [0, 0.05) is 0 Å². The second-order valence-corrected chi connectivity index (χ2v) is 5.07. The molecule has 1 aliphatic heterocycles. The maximum atomic E-state index is 9.24. The van der Waals surface area contributed by atoms with Crippen LogP contribution < -0.4 is 9.47 Å². The second kappa shape index (κ2) is 5.55. The van der Waals surface area contributed by atoms with Crippen molar-refractivity contribution in [1.29, 1.82) is 0 Å². The Bertz CT molecular complexity index is 620. The first-order valence-electron chi connectivity index (χ1n) is 6.84. The van der Waals surface area contributed by atoms with Crippen LogP contribution in [0.2, 0.25) is 0 Å². The molecule has 0 radical (unpaired) electrons. The molecule has 0 unspecified atom stereocenters. The highest BCUT2D eigenvalue weighted by Crippen LogP contribution is 2.31. The Kier molecular flexibility index (Phi) is 3.61. The molecular weight excluding hydrogens is 252 g/mol. The van der Waals surface area contributed by atoms with Crippen molar-refractivity contribution in [3.8, 4) is 11.5 Å². The van der Waals surface area contributed by atoms with Gasteiger partial charge in [-0.2, -0.15) is 0 Å². The Morgan fingerprint density at radius 2 is 1.70 bits per heavy atom. The number of aliphatic hydroxyl groups is 1. The Morgan fingerprint density at radius 1 is 0.950 bits per heavy atom. The van der Waals surface area contributed by atoms with Gasteiger partial charge in [0.25, 0.3) is 0 Å². The van der Waals surface area contributed by atoms with Crippen molar-refractivity contribution in [1.82, 2.24) is 0 Å². The molecule has 0 spiro atoms. The third kappa shape index (κ3) is 2.63. The van der Waals surface area contributed by atoms with Crippen LogP contribution in [0.25, 0.3) is 0 Å². The number of hydrogen-bond acceptors (Lipinski definition) is 3. The van der Waals surface area contributed by atoms with E-state index >= 15 is 0 Å². The van der Waals surface area contributed by atoms with Crippen LogP contribution in [0.3, 0.4) is 0 Å². The van der Waals surface area contributed by atoms with E-state index < -0.39 is 0 Å². The lowest BCUT2D eigenvalue weighted by Gasteiger charge is -2.19. The summed E-state index contributed by atoms with van der Waals surface area (Å²) in [5.74, 6) is 1.64. The summed E-state index contributed by atoms with van der Waals surface area (Å²) >= 11 is 0. The van der Waals surface area contributed by atoms with E-state index in [1.54, 1.807) is 0 Å². The van der Waals surface area contributed by atoms with Crippen molar-refractivity contribution in [2.45, 2.75) is 20.0 Å². The first kappa shape index (κ1) is 13.0. The third-order valence-corrected chi connectivity index (χ3v) is 3.60. The molecule has 1 heterocycles. The van der Waals surface area contributed by atoms with Crippen LogP contribution in [0.4, 0.5) is 0 Å². The van der Waals surface area contributed by atoms with Crippen molar-refractivity contribution < 1.29 is 14.6 Å². The van der Waals surface area contributed by atoms with Crippen molar-refractivity contribution in [3.05, 3.63) is 58.7 Å². The summed E-state index contributed by atoms with van der Waals surface area (Å²) in [6, 6.07) is 12.2. The number of aliphatic hydroxyl groups excluding tert-OH is 1. The van der Waals surface area contributed by atoms with Crippen LogP contribution in [0.1, 0.15) is 22.3 Å². The number of rotatable bonds is 3. The summed E-state index contributed by atoms with van der Waals surface area (Å²) in [7, 11) is 0. The first-order chi connectivity index (χ1) is 9.76. The highest BCUT2D eigenvalue weighted by molar-refractivity contribution is 5.45. The topological polar surface area (TPSA) is 38.7 Å². The Morgan fingerprint density at radius 3 is 2.50 bits per heavy atom. The lowest BCUT2D eigenvalue weighted by Crippen LogP contribution is -2.15. The number of fused-ring (bicyclic) bond motifs is 1. The number of benzene rings is 2. The fourth-order valence-electron chi connectivity index (χ4n) is 2.43. The molecule has 3 heteroatoms. The predicted octanol–water partition coefficient (Wildman–Crippen LogP) is 2.85. The molecule has 3 nitrogen and oxygen atoms in total. The second-order valence-electron chi connectivity index (χ2n) is 5.07. The third-order valence-electron chi connectivity index (χ3n) is 3.60. The molecule has 0 aliphatic carbocycles. The zero-order valence-corrected chi connectivity index (χ0v) is 11.6. The lowest BCUT2D eigenvalue weighted by molar-refractivity contribution is 0.171. The summed E-state index contributed by atoms with van der Waals surface area (Å²) in [6.07, 6.45) is 0.830. The molecule has 2 aromatic carbocycles. The van der Waals surface area contributed by atoms with Crippen LogP contribution in [0.15, 0.2) is 36.4 Å². The molecule has 0 aromatic heterocycles. The van der Waals surface area contributed by atoms with E-state index in [1.807, 2.05) is 18.2 Å². The smallest absolute Gasteiger partial charge is 0.161 e. The Labute approximate surface area is 118 Å². The van der Waals surface area contributed by atoms with Crippen molar-refractivity contribution in [2.24, 2.45) is 0 Å². The van der Waals surface area contributed by atoms with E-state index in [0.717, 1.165) is 23.5 Å². The summed E-state index contributed by atoms with van der Waals surface area (Å²) in [5.41, 5.74) is 4.60. The molecule has 0 amide bonds. The molecule has 0 saturated carbocycles. The maximum Gasteiger partial charge on any atom is 0.161 e. The molecule has 2 aromatic rings. The monoisotopic (exact) mass is 270 g/mol. The van der Waals surface area contributed by atoms with Gasteiger partial charge in [-0.05, 0) is 47.7 Å². The molecule has 1 N–H and O–H groups in total. The predicted molar refractivity (Wildman–Crippen MR) is 77.3 cm³/mol. The van der Waals surface area contributed by atoms with Crippen LogP contribution in [-0.4, -0.2) is 18.3 Å². The van der Waals surface area contributed by atoms with Gasteiger partial charge in [-0.1, -0.05) is 24.3 Å². The van der Waals surface area contributed by atoms with E-state index in [4.69, 9.17) is 9.47 Å². The number of aryl methyl sites for hydroxylation is 1. The SMILES string of the molecule is Cc1ccc(CO)cc1Cc1ccc2c(c1)OCCO2. The largest absolute Gasteiger partial charge is 0.486 e. The normalized spacial score (nSPS) is 13.3. The van der Waals surface area contributed by atoms with E-state index in [1.165, 1.54) is 16.7 Å². The van der Waals surface area contributed by atoms with Crippen molar-refractivity contribution >= 4 is 0 Å². The van der Waals surface area contributed by atoms with Gasteiger partial charge in [-0.15, -0.1) is 0 Å². The van der Waals surface area contributed by atoms with Gasteiger partial charge in [0.2, 0.25) is 0 Å². The molecule has 0 bridgehead atoms. The highest BCUT2D eigenvalue weighted by atomic mass is 16.6. The molecule has 20 heavy (non-hydrogen) atoms. The molecule has 3 rings (SSSR count). The van der Waals surface area contributed by atoms with Gasteiger partial charge in [-0.25, -0.2) is 0 Å². The molecule has 0 fully saturated rings. The van der Waals surface area contributed by atoms with Gasteiger partial charge in [0.05, 0.1) is 6.61 Å². The fraction of sp³-hybridized carbons (Fsp3) is 0.294. The van der Waals surface area contributed by atoms with E-state index in [2.05, 4.69) is 25.1 Å². The highest BCUT2D eigenvalue weighted by Gasteiger charge is 2.12. The standard InChI is InChI=1S/C17H18O3/c1-12-2-3-14(11-18)9-15(12)8-13-4-5-16-17(10-13)20-7-6-19-16/h2-5,9-10,18H,6-8,11H2,1H3. The van der Waals surface area contributed by atoms with E-state index in [0.29, 0.717) is 13.2 Å². The zero-order chi connectivity index (χ0) is 13.9. The molecular formula is C17H18O3. The van der Waals surface area contributed by atoms with Crippen molar-refractivity contribution in [3.63, 3.8) is 0 Å². The van der Waals surface area contributed by atoms with Crippen LogP contribution in [0.5, 0.6) is 11.5 Å². The summed E-state index contributed by atoms with van der Waals surface area (Å²) in [4.78, 5) is 0. The van der Waals surface area contributed by atoms with Gasteiger partial charge in [0.15, 0.2) is 11.5 Å². The van der Waals surface area contributed by atoms with Gasteiger partial charge in [-0.3, -0.25) is 0 Å². The van der Waals surface area contributed by atoms with Crippen LogP contribution in [0, 0.1) is 6.92 Å². The molecule has 104 valence electrons. The minimum atomic E-state index is 0.0778. The average molecular weight is 270 g/mol. The fourth-order valence-corrected chi connectivity index (χ4v) is 2.43. The molecule has 0 atom stereocenters. The van der Waals surface area contributed by atoms with Crippen molar-refractivity contribution in [2.75, 3.05) is 13.2 Å². The van der Waals surface area contributed by atoms with Crippen LogP contribution >= 0.6 is 0 Å². The summed E-state index contributed by atoms with van der Waals surface area (Å²) in [6.45, 7) is 3.39. The van der Waals surface area contributed by atoms with Gasteiger partial charge in [0.1, 0.15) is 13.2 Å². The summed E-state index contributed by atoms with van der Waals surface area (Å²) in [5, 5.41) is 9.24.